The first-order valence-electron chi connectivity index (χ1n) is 8.24. The van der Waals surface area contributed by atoms with E-state index in [1.807, 2.05) is 32.0 Å². The van der Waals surface area contributed by atoms with Gasteiger partial charge in [-0.15, -0.1) is 6.58 Å². The Morgan fingerprint density at radius 3 is 2.35 bits per heavy atom. The number of amides is 2. The van der Waals surface area contributed by atoms with Gasteiger partial charge in [-0.25, -0.2) is 4.39 Å². The van der Waals surface area contributed by atoms with Gasteiger partial charge in [0.25, 0.3) is 11.8 Å². The van der Waals surface area contributed by atoms with Crippen molar-refractivity contribution in [3.8, 4) is 0 Å². The van der Waals surface area contributed by atoms with Crippen LogP contribution in [0.5, 0.6) is 0 Å². The number of carbonyl (C=O) groups excluding carboxylic acids is 2. The van der Waals surface area contributed by atoms with Gasteiger partial charge in [0, 0.05) is 12.2 Å². The Labute approximate surface area is 151 Å². The molecule has 2 amide bonds. The first kappa shape index (κ1) is 17.6. The van der Waals surface area contributed by atoms with Crippen molar-refractivity contribution < 1.29 is 14.0 Å². The van der Waals surface area contributed by atoms with Gasteiger partial charge in [0.2, 0.25) is 0 Å². The highest BCUT2D eigenvalue weighted by Crippen LogP contribution is 2.31. The molecule has 0 bridgehead atoms. The van der Waals surface area contributed by atoms with Crippen LogP contribution in [0.3, 0.4) is 0 Å². The van der Waals surface area contributed by atoms with Crippen LogP contribution >= 0.6 is 0 Å². The maximum Gasteiger partial charge on any atom is 0.278 e. The maximum atomic E-state index is 13.3. The molecule has 0 unspecified atom stereocenters. The average Bonchev–Trinajstić information content (AvgIpc) is 2.84. The van der Waals surface area contributed by atoms with Gasteiger partial charge in [-0.1, -0.05) is 24.3 Å². The molecule has 0 aliphatic carbocycles. The predicted octanol–water partition coefficient (Wildman–Crippen LogP) is 3.82. The van der Waals surface area contributed by atoms with Crippen LogP contribution in [-0.2, 0) is 9.59 Å². The SMILES string of the molecule is C=CCN1C(=O)C(Nc2ccc(C)c(C)c2)=C(c2ccc(F)cc2)C1=O. The smallest absolute Gasteiger partial charge is 0.278 e. The summed E-state index contributed by atoms with van der Waals surface area (Å²) < 4.78 is 13.3. The second-order valence-electron chi connectivity index (χ2n) is 6.19. The number of anilines is 1. The molecule has 0 fully saturated rings. The Balaban J connectivity index is 2.08. The third-order valence-corrected chi connectivity index (χ3v) is 4.39. The van der Waals surface area contributed by atoms with Crippen molar-refractivity contribution in [2.24, 2.45) is 0 Å². The standard InChI is InChI=1S/C21H19FN2O2/c1-4-11-24-20(25)18(15-6-8-16(22)9-7-15)19(21(24)26)23-17-10-5-13(2)14(3)12-17/h4-10,12,23H,1,11H2,2-3H3. The summed E-state index contributed by atoms with van der Waals surface area (Å²) in [6.45, 7) is 7.68. The van der Waals surface area contributed by atoms with E-state index in [9.17, 15) is 14.0 Å². The Hall–Kier alpha value is -3.21. The lowest BCUT2D eigenvalue weighted by atomic mass is 10.0. The van der Waals surface area contributed by atoms with E-state index in [0.717, 1.165) is 16.0 Å². The molecule has 1 N–H and O–H groups in total. The number of hydrogen-bond donors (Lipinski definition) is 1. The summed E-state index contributed by atoms with van der Waals surface area (Å²) in [5.41, 5.74) is 3.82. The molecule has 2 aromatic carbocycles. The van der Waals surface area contributed by atoms with Crippen LogP contribution in [0.2, 0.25) is 0 Å². The number of nitrogens with one attached hydrogen (secondary N) is 1. The number of nitrogens with zero attached hydrogens (tertiary/aromatic N) is 1. The fourth-order valence-corrected chi connectivity index (χ4v) is 2.83. The first-order chi connectivity index (χ1) is 12.4. The van der Waals surface area contributed by atoms with E-state index in [4.69, 9.17) is 0 Å². The second kappa shape index (κ2) is 6.96. The molecular formula is C21H19FN2O2. The molecule has 26 heavy (non-hydrogen) atoms. The van der Waals surface area contributed by atoms with Gasteiger partial charge in [0.05, 0.1) is 5.57 Å². The Morgan fingerprint density at radius 1 is 1.04 bits per heavy atom. The minimum absolute atomic E-state index is 0.112. The topological polar surface area (TPSA) is 49.4 Å². The average molecular weight is 350 g/mol. The Bertz CT molecular complexity index is 930. The van der Waals surface area contributed by atoms with Crippen LogP contribution in [-0.4, -0.2) is 23.3 Å². The lowest BCUT2D eigenvalue weighted by Gasteiger charge is -2.13. The fourth-order valence-electron chi connectivity index (χ4n) is 2.83. The first-order valence-corrected chi connectivity index (χ1v) is 8.24. The normalized spacial score (nSPS) is 14.2. The number of hydrogen-bond acceptors (Lipinski definition) is 3. The lowest BCUT2D eigenvalue weighted by Crippen LogP contribution is -2.32. The monoisotopic (exact) mass is 350 g/mol. The molecule has 0 aromatic heterocycles. The third-order valence-electron chi connectivity index (χ3n) is 4.39. The largest absolute Gasteiger partial charge is 0.350 e. The van der Waals surface area contributed by atoms with Crippen molar-refractivity contribution in [1.82, 2.24) is 4.90 Å². The van der Waals surface area contributed by atoms with Gasteiger partial charge < -0.3 is 5.32 Å². The zero-order chi connectivity index (χ0) is 18.8. The van der Waals surface area contributed by atoms with E-state index in [2.05, 4.69) is 11.9 Å². The zero-order valence-electron chi connectivity index (χ0n) is 14.7. The summed E-state index contributed by atoms with van der Waals surface area (Å²) in [5.74, 6) is -1.25. The Morgan fingerprint density at radius 2 is 1.73 bits per heavy atom. The van der Waals surface area contributed by atoms with Gasteiger partial charge in [-0.2, -0.15) is 0 Å². The molecule has 1 aliphatic heterocycles. The number of imide groups is 1. The number of rotatable bonds is 5. The molecule has 1 heterocycles. The molecule has 0 radical (unpaired) electrons. The van der Waals surface area contributed by atoms with Crippen molar-refractivity contribution in [3.05, 3.63) is 83.3 Å². The van der Waals surface area contributed by atoms with Crippen LogP contribution in [0.15, 0.2) is 60.8 Å². The minimum atomic E-state index is -0.424. The van der Waals surface area contributed by atoms with E-state index in [1.54, 1.807) is 0 Å². The van der Waals surface area contributed by atoms with Crippen molar-refractivity contribution in [2.75, 3.05) is 11.9 Å². The highest BCUT2D eigenvalue weighted by atomic mass is 19.1. The predicted molar refractivity (Wildman–Crippen MR) is 99.8 cm³/mol. The van der Waals surface area contributed by atoms with Crippen LogP contribution in [0.25, 0.3) is 5.57 Å². The van der Waals surface area contributed by atoms with Gasteiger partial charge in [0.1, 0.15) is 11.5 Å². The second-order valence-corrected chi connectivity index (χ2v) is 6.19. The van der Waals surface area contributed by atoms with Gasteiger partial charge in [-0.05, 0) is 54.8 Å². The van der Waals surface area contributed by atoms with Crippen molar-refractivity contribution in [2.45, 2.75) is 13.8 Å². The molecule has 2 aromatic rings. The molecular weight excluding hydrogens is 331 g/mol. The van der Waals surface area contributed by atoms with Crippen LogP contribution in [0.1, 0.15) is 16.7 Å². The van der Waals surface area contributed by atoms with Gasteiger partial charge in [-0.3, -0.25) is 14.5 Å². The highest BCUT2D eigenvalue weighted by Gasteiger charge is 2.38. The summed E-state index contributed by atoms with van der Waals surface area (Å²) in [6, 6.07) is 11.2. The Kier molecular flexibility index (Phi) is 4.71. The molecule has 132 valence electrons. The van der Waals surface area contributed by atoms with Gasteiger partial charge >= 0.3 is 0 Å². The number of aryl methyl sites for hydroxylation is 2. The van der Waals surface area contributed by atoms with E-state index in [0.29, 0.717) is 11.3 Å². The molecule has 1 aliphatic rings. The van der Waals surface area contributed by atoms with Crippen molar-refractivity contribution >= 4 is 23.1 Å². The number of halogens is 1. The molecule has 3 rings (SSSR count). The van der Waals surface area contributed by atoms with Crippen LogP contribution in [0, 0.1) is 19.7 Å². The molecule has 0 atom stereocenters. The van der Waals surface area contributed by atoms with Crippen LogP contribution in [0.4, 0.5) is 10.1 Å². The number of carbonyl (C=O) groups is 2. The molecule has 5 heteroatoms. The minimum Gasteiger partial charge on any atom is -0.350 e. The zero-order valence-corrected chi connectivity index (χ0v) is 14.7. The van der Waals surface area contributed by atoms with E-state index in [-0.39, 0.29) is 17.8 Å². The summed E-state index contributed by atoms with van der Waals surface area (Å²) in [7, 11) is 0. The third kappa shape index (κ3) is 3.16. The summed E-state index contributed by atoms with van der Waals surface area (Å²) in [4.78, 5) is 26.7. The number of benzene rings is 2. The summed E-state index contributed by atoms with van der Waals surface area (Å²) in [6.07, 6.45) is 1.50. The van der Waals surface area contributed by atoms with Crippen LogP contribution < -0.4 is 5.32 Å². The van der Waals surface area contributed by atoms with E-state index >= 15 is 0 Å². The van der Waals surface area contributed by atoms with Crippen molar-refractivity contribution in [1.29, 1.82) is 0 Å². The molecule has 0 saturated carbocycles. The quantitative estimate of drug-likeness (QED) is 0.659. The van der Waals surface area contributed by atoms with E-state index < -0.39 is 17.6 Å². The highest BCUT2D eigenvalue weighted by molar-refractivity contribution is 6.36. The lowest BCUT2D eigenvalue weighted by molar-refractivity contribution is -0.136. The van der Waals surface area contributed by atoms with E-state index in [1.165, 1.54) is 30.3 Å². The summed E-state index contributed by atoms with van der Waals surface area (Å²) >= 11 is 0. The molecule has 0 saturated heterocycles. The van der Waals surface area contributed by atoms with Crippen molar-refractivity contribution in [3.63, 3.8) is 0 Å². The van der Waals surface area contributed by atoms with Gasteiger partial charge in [0.15, 0.2) is 0 Å². The molecule has 0 spiro atoms. The maximum absolute atomic E-state index is 13.3. The fraction of sp³-hybridized carbons (Fsp3) is 0.143. The molecule has 4 nitrogen and oxygen atoms in total. The summed E-state index contributed by atoms with van der Waals surface area (Å²) in [5, 5.41) is 3.08.